The van der Waals surface area contributed by atoms with E-state index in [1.54, 1.807) is 17.7 Å². The van der Waals surface area contributed by atoms with Crippen molar-refractivity contribution < 1.29 is 43.2 Å². The summed E-state index contributed by atoms with van der Waals surface area (Å²) in [5.74, 6) is -2.39. The minimum absolute atomic E-state index is 0. The van der Waals surface area contributed by atoms with Crippen LogP contribution in [0.15, 0.2) is 33.4 Å². The molecule has 0 aliphatic carbocycles. The second-order valence-electron chi connectivity index (χ2n) is 6.85. The normalized spacial score (nSPS) is 20.0. The Morgan fingerprint density at radius 3 is 2.74 bits per heavy atom. The number of aryl methyl sites for hydroxylation is 1. The third-order valence-electron chi connectivity index (χ3n) is 4.86. The molecular formula is C19H17LiN6O5S3. The maximum Gasteiger partial charge on any atom is 1.00 e. The van der Waals surface area contributed by atoms with E-state index in [1.807, 2.05) is 6.92 Å². The average Bonchev–Trinajstić information content (AvgIpc) is 3.40. The minimum atomic E-state index is -1.46. The number of hydrogen-bond donors (Lipinski definition) is 2. The monoisotopic (exact) mass is 512 g/mol. The van der Waals surface area contributed by atoms with Gasteiger partial charge in [0, 0.05) is 16.0 Å². The predicted molar refractivity (Wildman–Crippen MR) is 123 cm³/mol. The smallest absolute Gasteiger partial charge is 0.543 e. The Balaban J connectivity index is 0.00000324. The van der Waals surface area contributed by atoms with Crippen LogP contribution in [0.4, 0.5) is 5.13 Å². The summed E-state index contributed by atoms with van der Waals surface area (Å²) in [5.41, 5.74) is 8.45. The first kappa shape index (κ1) is 26.0. The van der Waals surface area contributed by atoms with Crippen LogP contribution in [0.2, 0.25) is 0 Å². The maximum absolute atomic E-state index is 12.8. The van der Waals surface area contributed by atoms with Crippen LogP contribution in [0.25, 0.3) is 6.08 Å². The van der Waals surface area contributed by atoms with Gasteiger partial charge in [0.2, 0.25) is 0 Å². The van der Waals surface area contributed by atoms with Crippen molar-refractivity contribution in [2.75, 3.05) is 18.6 Å². The number of thiazole rings is 2. The fourth-order valence-electron chi connectivity index (χ4n) is 3.31. The van der Waals surface area contributed by atoms with E-state index >= 15 is 0 Å². The van der Waals surface area contributed by atoms with Crippen LogP contribution in [-0.4, -0.2) is 62.6 Å². The van der Waals surface area contributed by atoms with Crippen LogP contribution in [0.1, 0.15) is 16.3 Å². The largest absolute Gasteiger partial charge is 1.00 e. The number of nitrogens with two attached hydrogens (primary N) is 1. The second kappa shape index (κ2) is 10.7. The number of anilines is 1. The molecule has 1 saturated heterocycles. The number of aromatic nitrogens is 2. The van der Waals surface area contributed by atoms with E-state index in [4.69, 9.17) is 10.6 Å². The average molecular weight is 513 g/mol. The van der Waals surface area contributed by atoms with Crippen molar-refractivity contribution in [1.82, 2.24) is 20.2 Å². The summed E-state index contributed by atoms with van der Waals surface area (Å²) in [6.07, 6.45) is 3.42. The summed E-state index contributed by atoms with van der Waals surface area (Å²) in [6, 6.07) is -0.941. The Morgan fingerprint density at radius 2 is 2.15 bits per heavy atom. The molecule has 2 aromatic heterocycles. The van der Waals surface area contributed by atoms with E-state index in [-0.39, 0.29) is 41.1 Å². The van der Waals surface area contributed by atoms with Crippen LogP contribution in [-0.2, 0) is 19.2 Å². The maximum atomic E-state index is 12.8. The number of oxime groups is 1. The number of carbonyl (C=O) groups is 3. The molecule has 2 aromatic rings. The topological polar surface area (TPSA) is 163 Å². The Morgan fingerprint density at radius 1 is 1.38 bits per heavy atom. The Kier molecular flexibility index (Phi) is 8.21. The van der Waals surface area contributed by atoms with Crippen LogP contribution in [0.3, 0.4) is 0 Å². The van der Waals surface area contributed by atoms with Gasteiger partial charge in [-0.05, 0) is 18.6 Å². The van der Waals surface area contributed by atoms with Crippen LogP contribution < -0.4 is 35.0 Å². The first-order chi connectivity index (χ1) is 15.8. The van der Waals surface area contributed by atoms with Gasteiger partial charge in [0.15, 0.2) is 10.8 Å². The predicted octanol–water partition coefficient (Wildman–Crippen LogP) is -3.04. The van der Waals surface area contributed by atoms with Gasteiger partial charge in [0.1, 0.15) is 24.2 Å². The van der Waals surface area contributed by atoms with Gasteiger partial charge in [-0.25, -0.2) is 9.97 Å². The number of nitrogens with one attached hydrogen (secondary N) is 1. The van der Waals surface area contributed by atoms with Crippen molar-refractivity contribution in [2.24, 2.45) is 5.16 Å². The van der Waals surface area contributed by atoms with Crippen LogP contribution in [0.5, 0.6) is 0 Å². The molecule has 3 N–H and O–H groups in total. The third kappa shape index (κ3) is 4.91. The summed E-state index contributed by atoms with van der Waals surface area (Å²) < 4.78 is 0. The molecule has 34 heavy (non-hydrogen) atoms. The number of hydrogen-bond acceptors (Lipinski definition) is 12. The van der Waals surface area contributed by atoms with Gasteiger partial charge >= 0.3 is 18.9 Å². The molecule has 2 aliphatic heterocycles. The van der Waals surface area contributed by atoms with Crippen molar-refractivity contribution in [3.8, 4) is 0 Å². The molecule has 4 heterocycles. The van der Waals surface area contributed by atoms with Crippen LogP contribution >= 0.6 is 34.4 Å². The zero-order chi connectivity index (χ0) is 23.7. The molecular weight excluding hydrogens is 495 g/mol. The zero-order valence-corrected chi connectivity index (χ0v) is 20.8. The fraction of sp³-hybridized carbons (Fsp3) is 0.263. The molecule has 0 aromatic carbocycles. The Bertz CT molecular complexity index is 1220. The van der Waals surface area contributed by atoms with E-state index in [0.717, 1.165) is 26.8 Å². The number of carboxylic acids is 1. The molecule has 4 rings (SSSR count). The van der Waals surface area contributed by atoms with Crippen LogP contribution in [0, 0.1) is 6.92 Å². The number of carbonyl (C=O) groups excluding carboxylic acids is 3. The Labute approximate surface area is 218 Å². The van der Waals surface area contributed by atoms with E-state index in [2.05, 4.69) is 20.4 Å². The van der Waals surface area contributed by atoms with Gasteiger partial charge in [-0.15, -0.1) is 34.4 Å². The SMILES string of the molecule is CO/N=C(\C(=O)N[C@@H]1C(=O)N2C(C(=O)[O-])=C(/C=C\c3scnc3C)CS[C@H]12)c1csc(N)n1.[Li+]. The fourth-order valence-corrected chi connectivity index (χ4v) is 5.87. The van der Waals surface area contributed by atoms with Gasteiger partial charge in [-0.2, -0.15) is 0 Å². The number of rotatable bonds is 7. The van der Waals surface area contributed by atoms with Crippen molar-refractivity contribution >= 4 is 69.1 Å². The minimum Gasteiger partial charge on any atom is -0.543 e. The number of nitrogens with zero attached hydrogens (tertiary/aromatic N) is 4. The molecule has 0 bridgehead atoms. The van der Waals surface area contributed by atoms with E-state index in [1.165, 1.54) is 35.6 Å². The summed E-state index contributed by atoms with van der Waals surface area (Å²) in [6.45, 7) is 1.85. The number of β-lactam (4-membered cyclic amide) rings is 1. The number of fused-ring (bicyclic) bond motifs is 1. The van der Waals surface area contributed by atoms with Crippen molar-refractivity contribution in [3.63, 3.8) is 0 Å². The molecule has 0 saturated carbocycles. The molecule has 172 valence electrons. The molecule has 2 aliphatic rings. The third-order valence-corrected chi connectivity index (χ3v) is 7.73. The molecule has 15 heteroatoms. The summed E-state index contributed by atoms with van der Waals surface area (Å²) in [7, 11) is 1.27. The Hall–Kier alpha value is -2.63. The van der Waals surface area contributed by atoms with Crippen molar-refractivity contribution in [3.05, 3.63) is 44.5 Å². The first-order valence-electron chi connectivity index (χ1n) is 9.42. The molecule has 2 amide bonds. The molecule has 11 nitrogen and oxygen atoms in total. The molecule has 1 fully saturated rings. The number of amides is 2. The van der Waals surface area contributed by atoms with E-state index in [0.29, 0.717) is 11.3 Å². The van der Waals surface area contributed by atoms with Gasteiger partial charge < -0.3 is 25.8 Å². The zero-order valence-electron chi connectivity index (χ0n) is 18.3. The summed E-state index contributed by atoms with van der Waals surface area (Å²) in [4.78, 5) is 52.4. The molecule has 0 spiro atoms. The summed E-state index contributed by atoms with van der Waals surface area (Å²) in [5, 5.41) is 19.4. The number of nitrogen functional groups attached to an aromatic ring is 1. The number of allylic oxidation sites excluding steroid dienone is 1. The number of thioether (sulfide) groups is 1. The van der Waals surface area contributed by atoms with E-state index in [9.17, 15) is 19.5 Å². The van der Waals surface area contributed by atoms with Gasteiger partial charge in [0.05, 0.1) is 22.9 Å². The van der Waals surface area contributed by atoms with Gasteiger partial charge in [-0.1, -0.05) is 11.2 Å². The van der Waals surface area contributed by atoms with Gasteiger partial charge in [-0.3, -0.25) is 14.5 Å². The number of carboxylic acid groups (broad SMARTS) is 1. The standard InChI is InChI=1S/C19H18N6O5S3.Li/c1-8-11(33-7-21-8)4-3-9-5-31-17-13(16(27)25(17)14(9)18(28)29)23-15(26)12(24-30-2)10-6-32-19(20)22-10;/h3-4,6-7,13,17H,5H2,1-2H3,(H2,20,22)(H,23,26)(H,28,29);/q;+1/p-1/b4-3-,24-12-;/t13-,17-;/m1./s1. The van der Waals surface area contributed by atoms with E-state index < -0.39 is 29.2 Å². The summed E-state index contributed by atoms with van der Waals surface area (Å²) >= 11 is 3.89. The molecule has 0 radical (unpaired) electrons. The van der Waals surface area contributed by atoms with Gasteiger partial charge in [0.25, 0.3) is 11.8 Å². The molecule has 2 atom stereocenters. The number of aliphatic carboxylic acids is 1. The first-order valence-corrected chi connectivity index (χ1v) is 12.2. The van der Waals surface area contributed by atoms with Crippen molar-refractivity contribution in [1.29, 1.82) is 0 Å². The molecule has 0 unspecified atom stereocenters. The second-order valence-corrected chi connectivity index (χ2v) is 9.73. The van der Waals surface area contributed by atoms with Crippen molar-refractivity contribution in [2.45, 2.75) is 18.3 Å². The quantitative estimate of drug-likeness (QED) is 0.170.